The van der Waals surface area contributed by atoms with Gasteiger partial charge >= 0.3 is 0 Å². The second-order valence-corrected chi connectivity index (χ2v) is 13.0. The molecule has 0 unspecified atom stereocenters. The number of nitrogens with zero attached hydrogens (tertiary/aromatic N) is 2. The van der Waals surface area contributed by atoms with E-state index in [9.17, 15) is 0 Å². The molecule has 9 aromatic rings. The summed E-state index contributed by atoms with van der Waals surface area (Å²) in [6, 6.07) is 53.9. The Labute approximate surface area is 261 Å². The fraction of sp³-hybridized carbons (Fsp3) is 0.0698. The first-order chi connectivity index (χ1) is 22.1. The number of aromatic nitrogens is 2. The summed E-state index contributed by atoms with van der Waals surface area (Å²) < 4.78 is 4.89. The average Bonchev–Trinajstić information content (AvgIpc) is 3.66. The van der Waals surface area contributed by atoms with Gasteiger partial charge in [0, 0.05) is 38.3 Å². The van der Waals surface area contributed by atoms with E-state index in [1.807, 2.05) is 0 Å². The van der Waals surface area contributed by atoms with Crippen LogP contribution in [0.3, 0.4) is 0 Å². The molecule has 2 heteroatoms. The van der Waals surface area contributed by atoms with Crippen LogP contribution in [0.25, 0.3) is 76.9 Å². The molecule has 1 aliphatic carbocycles. The molecule has 0 atom stereocenters. The van der Waals surface area contributed by atoms with Crippen molar-refractivity contribution in [2.45, 2.75) is 19.3 Å². The summed E-state index contributed by atoms with van der Waals surface area (Å²) in [5, 5.41) is 7.72. The number of hydrogen-bond donors (Lipinski definition) is 0. The Kier molecular flexibility index (Phi) is 4.82. The summed E-state index contributed by atoms with van der Waals surface area (Å²) in [6.45, 7) is 4.77. The molecule has 10 rings (SSSR count). The zero-order valence-electron chi connectivity index (χ0n) is 25.3. The number of fused-ring (bicyclic) bond motifs is 10. The first-order valence-electron chi connectivity index (χ1n) is 15.8. The standard InChI is InChI=1S/C43H30N2/c1-43(2)37-23-28-13-7-6-12-27(28)22-34(37)35-25-36-32-17-9-11-19-40(32)45(42(36)26-38(35)43)30-20-21-33-31-16-8-10-18-39(31)44(41(33)24-30)29-14-4-3-5-15-29/h3-26H,1-2H3. The van der Waals surface area contributed by atoms with Gasteiger partial charge in [-0.1, -0.05) is 98.8 Å². The maximum Gasteiger partial charge on any atom is 0.0561 e. The van der Waals surface area contributed by atoms with Crippen LogP contribution in [-0.4, -0.2) is 9.13 Å². The molecule has 0 saturated carbocycles. The summed E-state index contributed by atoms with van der Waals surface area (Å²) in [4.78, 5) is 0. The monoisotopic (exact) mass is 574 g/mol. The Bertz CT molecular complexity index is 2670. The normalized spacial score (nSPS) is 13.7. The van der Waals surface area contributed by atoms with Gasteiger partial charge in [0.1, 0.15) is 0 Å². The number of rotatable bonds is 2. The SMILES string of the molecule is CC1(C)c2cc3ccccc3cc2-c2cc3c4ccccc4n(-c4ccc5c6ccccc6n(-c6ccccc6)c5c4)c3cc21. The Balaban J connectivity index is 1.28. The van der Waals surface area contributed by atoms with Crippen LogP contribution in [0.4, 0.5) is 0 Å². The van der Waals surface area contributed by atoms with E-state index in [4.69, 9.17) is 0 Å². The summed E-state index contributed by atoms with van der Waals surface area (Å²) >= 11 is 0. The van der Waals surface area contributed by atoms with Crippen LogP contribution in [0.2, 0.25) is 0 Å². The van der Waals surface area contributed by atoms with E-state index >= 15 is 0 Å². The highest BCUT2D eigenvalue weighted by molar-refractivity contribution is 6.13. The van der Waals surface area contributed by atoms with Gasteiger partial charge in [-0.25, -0.2) is 0 Å². The zero-order valence-corrected chi connectivity index (χ0v) is 25.3. The molecule has 45 heavy (non-hydrogen) atoms. The van der Waals surface area contributed by atoms with Gasteiger partial charge in [0.05, 0.1) is 22.1 Å². The minimum Gasteiger partial charge on any atom is -0.309 e. The molecule has 2 nitrogen and oxygen atoms in total. The van der Waals surface area contributed by atoms with Crippen molar-refractivity contribution in [1.82, 2.24) is 9.13 Å². The number of benzene rings is 7. The Morgan fingerprint density at radius 1 is 0.378 bits per heavy atom. The van der Waals surface area contributed by atoms with E-state index in [-0.39, 0.29) is 5.41 Å². The van der Waals surface area contributed by atoms with Crippen LogP contribution in [0.5, 0.6) is 0 Å². The molecule has 2 aromatic heterocycles. The lowest BCUT2D eigenvalue weighted by Crippen LogP contribution is -2.15. The summed E-state index contributed by atoms with van der Waals surface area (Å²) in [5.74, 6) is 0. The molecule has 212 valence electrons. The fourth-order valence-electron chi connectivity index (χ4n) is 8.11. The quantitative estimate of drug-likeness (QED) is 0.194. The van der Waals surface area contributed by atoms with Gasteiger partial charge in [0.2, 0.25) is 0 Å². The first kappa shape index (κ1) is 24.8. The van der Waals surface area contributed by atoms with Crippen LogP contribution < -0.4 is 0 Å². The van der Waals surface area contributed by atoms with E-state index < -0.39 is 0 Å². The molecule has 7 aromatic carbocycles. The van der Waals surface area contributed by atoms with Crippen LogP contribution >= 0.6 is 0 Å². The molecule has 0 spiro atoms. The highest BCUT2D eigenvalue weighted by atomic mass is 15.0. The lowest BCUT2D eigenvalue weighted by molar-refractivity contribution is 0.662. The van der Waals surface area contributed by atoms with Crippen molar-refractivity contribution in [2.24, 2.45) is 0 Å². The minimum absolute atomic E-state index is 0.103. The lowest BCUT2D eigenvalue weighted by Gasteiger charge is -2.22. The molecule has 0 radical (unpaired) electrons. The van der Waals surface area contributed by atoms with Crippen molar-refractivity contribution < 1.29 is 0 Å². The predicted molar refractivity (Wildman–Crippen MR) is 190 cm³/mol. The van der Waals surface area contributed by atoms with Crippen molar-refractivity contribution in [3.05, 3.63) is 157 Å². The third kappa shape index (κ3) is 3.29. The van der Waals surface area contributed by atoms with E-state index in [0.717, 1.165) is 0 Å². The van der Waals surface area contributed by atoms with Gasteiger partial charge in [-0.3, -0.25) is 0 Å². The van der Waals surface area contributed by atoms with Crippen molar-refractivity contribution in [3.63, 3.8) is 0 Å². The van der Waals surface area contributed by atoms with E-state index in [1.54, 1.807) is 0 Å². The van der Waals surface area contributed by atoms with Gasteiger partial charge in [-0.15, -0.1) is 0 Å². The smallest absolute Gasteiger partial charge is 0.0561 e. The molecular weight excluding hydrogens is 544 g/mol. The molecule has 0 aliphatic heterocycles. The molecular formula is C43H30N2. The molecule has 0 amide bonds. The zero-order chi connectivity index (χ0) is 29.9. The van der Waals surface area contributed by atoms with Crippen LogP contribution in [0.1, 0.15) is 25.0 Å². The average molecular weight is 575 g/mol. The predicted octanol–water partition coefficient (Wildman–Crippen LogP) is 11.3. The number of hydrogen-bond acceptors (Lipinski definition) is 0. The molecule has 0 N–H and O–H groups in total. The Hall–Kier alpha value is -5.60. The van der Waals surface area contributed by atoms with Gasteiger partial charge in [0.25, 0.3) is 0 Å². The minimum atomic E-state index is -0.103. The van der Waals surface area contributed by atoms with Crippen LogP contribution in [-0.2, 0) is 5.41 Å². The summed E-state index contributed by atoms with van der Waals surface area (Å²) in [6.07, 6.45) is 0. The van der Waals surface area contributed by atoms with Crippen molar-refractivity contribution in [1.29, 1.82) is 0 Å². The van der Waals surface area contributed by atoms with Gasteiger partial charge in [-0.2, -0.15) is 0 Å². The fourth-order valence-corrected chi connectivity index (χ4v) is 8.11. The van der Waals surface area contributed by atoms with Gasteiger partial charge in [0.15, 0.2) is 0 Å². The van der Waals surface area contributed by atoms with E-state index in [2.05, 4.69) is 169 Å². The van der Waals surface area contributed by atoms with E-state index in [1.165, 1.54) is 88.0 Å². The van der Waals surface area contributed by atoms with Gasteiger partial charge < -0.3 is 9.13 Å². The van der Waals surface area contributed by atoms with E-state index in [0.29, 0.717) is 0 Å². The first-order valence-corrected chi connectivity index (χ1v) is 15.8. The Morgan fingerprint density at radius 3 is 1.67 bits per heavy atom. The van der Waals surface area contributed by atoms with Crippen LogP contribution in [0.15, 0.2) is 146 Å². The molecule has 0 fully saturated rings. The maximum absolute atomic E-state index is 2.48. The lowest BCUT2D eigenvalue weighted by atomic mass is 9.81. The van der Waals surface area contributed by atoms with Crippen LogP contribution in [0, 0.1) is 0 Å². The Morgan fingerprint density at radius 2 is 0.911 bits per heavy atom. The highest BCUT2D eigenvalue weighted by Gasteiger charge is 2.36. The second-order valence-electron chi connectivity index (χ2n) is 13.0. The molecule has 2 heterocycles. The summed E-state index contributed by atoms with van der Waals surface area (Å²) in [5.41, 5.74) is 12.7. The van der Waals surface area contributed by atoms with Crippen molar-refractivity contribution >= 4 is 54.4 Å². The third-order valence-electron chi connectivity index (χ3n) is 10.3. The largest absolute Gasteiger partial charge is 0.309 e. The molecule has 0 saturated heterocycles. The van der Waals surface area contributed by atoms with Crippen molar-refractivity contribution in [3.8, 4) is 22.5 Å². The topological polar surface area (TPSA) is 9.86 Å². The number of para-hydroxylation sites is 3. The highest BCUT2D eigenvalue weighted by Crippen LogP contribution is 2.52. The molecule has 1 aliphatic rings. The second kappa shape index (κ2) is 8.74. The van der Waals surface area contributed by atoms with Crippen molar-refractivity contribution in [2.75, 3.05) is 0 Å². The van der Waals surface area contributed by atoms with Gasteiger partial charge in [-0.05, 0) is 93.7 Å². The third-order valence-corrected chi connectivity index (χ3v) is 10.3. The summed E-state index contributed by atoms with van der Waals surface area (Å²) in [7, 11) is 0. The molecule has 0 bridgehead atoms. The maximum atomic E-state index is 2.48.